The largest absolute Gasteiger partial charge is 0.494 e. The van der Waals surface area contributed by atoms with E-state index >= 15 is 0 Å². The van der Waals surface area contributed by atoms with E-state index in [0.717, 1.165) is 62.4 Å². The molecule has 6 nitrogen and oxygen atoms in total. The van der Waals surface area contributed by atoms with Crippen molar-refractivity contribution in [3.63, 3.8) is 0 Å². The number of para-hydroxylation sites is 2. The average molecular weight is 463 g/mol. The molecular formula is C27H31FN4O2. The smallest absolute Gasteiger partial charge is 0.254 e. The summed E-state index contributed by atoms with van der Waals surface area (Å²) in [6.45, 7) is 5.51. The highest BCUT2D eigenvalue weighted by atomic mass is 19.1. The Morgan fingerprint density at radius 3 is 2.65 bits per heavy atom. The van der Waals surface area contributed by atoms with Crippen LogP contribution in [0, 0.1) is 5.82 Å². The molecule has 0 radical (unpaired) electrons. The molecule has 34 heavy (non-hydrogen) atoms. The number of carbonyl (C=O) groups is 1. The number of ether oxygens (including phenoxy) is 1. The van der Waals surface area contributed by atoms with Crippen LogP contribution in [0.3, 0.4) is 0 Å². The van der Waals surface area contributed by atoms with Gasteiger partial charge in [0, 0.05) is 36.7 Å². The first-order valence-electron chi connectivity index (χ1n) is 12.1. The molecule has 2 aliphatic rings. The molecule has 1 amide bonds. The second-order valence-corrected chi connectivity index (χ2v) is 9.15. The number of aromatic nitrogens is 2. The highest BCUT2D eigenvalue weighted by Crippen LogP contribution is 2.34. The summed E-state index contributed by atoms with van der Waals surface area (Å²) in [5, 5.41) is 5.06. The van der Waals surface area contributed by atoms with Gasteiger partial charge < -0.3 is 9.64 Å². The molecular weight excluding hydrogens is 431 g/mol. The van der Waals surface area contributed by atoms with Gasteiger partial charge in [0.2, 0.25) is 0 Å². The zero-order valence-corrected chi connectivity index (χ0v) is 19.8. The summed E-state index contributed by atoms with van der Waals surface area (Å²) < 4.78 is 21.1. The Bertz CT molecular complexity index is 1170. The third kappa shape index (κ3) is 4.44. The van der Waals surface area contributed by atoms with Crippen molar-refractivity contribution in [2.24, 2.45) is 0 Å². The van der Waals surface area contributed by atoms with E-state index in [2.05, 4.69) is 11.8 Å². The monoisotopic (exact) mass is 462 g/mol. The Labute approximate surface area is 199 Å². The minimum atomic E-state index is -0.338. The van der Waals surface area contributed by atoms with Gasteiger partial charge in [-0.2, -0.15) is 5.10 Å². The molecule has 3 aromatic rings. The summed E-state index contributed by atoms with van der Waals surface area (Å²) in [4.78, 5) is 17.8. The molecule has 1 aliphatic carbocycles. The lowest BCUT2D eigenvalue weighted by atomic mass is 10.0. The summed E-state index contributed by atoms with van der Waals surface area (Å²) in [6.07, 6.45) is 3.98. The molecule has 7 heteroatoms. The zero-order chi connectivity index (χ0) is 23.7. The van der Waals surface area contributed by atoms with Gasteiger partial charge in [0.05, 0.1) is 25.0 Å². The Balaban J connectivity index is 1.53. The summed E-state index contributed by atoms with van der Waals surface area (Å²) in [5.41, 5.74) is 4.77. The van der Waals surface area contributed by atoms with E-state index in [0.29, 0.717) is 12.1 Å². The minimum absolute atomic E-state index is 0.0654. The van der Waals surface area contributed by atoms with Crippen LogP contribution in [-0.4, -0.2) is 51.7 Å². The van der Waals surface area contributed by atoms with E-state index in [9.17, 15) is 9.18 Å². The number of carbonyl (C=O) groups excluding carboxylic acids is 1. The Hall–Kier alpha value is -3.19. The maximum Gasteiger partial charge on any atom is 0.254 e. The summed E-state index contributed by atoms with van der Waals surface area (Å²) in [7, 11) is 1.68. The van der Waals surface area contributed by atoms with Crippen LogP contribution in [-0.2, 0) is 19.5 Å². The van der Waals surface area contributed by atoms with Crippen LogP contribution in [0.2, 0.25) is 0 Å². The maximum atomic E-state index is 13.4. The van der Waals surface area contributed by atoms with Crippen LogP contribution in [0.5, 0.6) is 5.75 Å². The van der Waals surface area contributed by atoms with Crippen LogP contribution in [0.4, 0.5) is 4.39 Å². The zero-order valence-electron chi connectivity index (χ0n) is 19.8. The van der Waals surface area contributed by atoms with E-state index in [1.54, 1.807) is 19.2 Å². The van der Waals surface area contributed by atoms with Crippen molar-refractivity contribution in [2.45, 2.75) is 51.7 Å². The van der Waals surface area contributed by atoms with Gasteiger partial charge in [0.25, 0.3) is 5.91 Å². The third-order valence-corrected chi connectivity index (χ3v) is 6.73. The molecule has 1 saturated carbocycles. The molecule has 0 saturated heterocycles. The van der Waals surface area contributed by atoms with Gasteiger partial charge in [-0.25, -0.2) is 9.07 Å². The number of rotatable bonds is 8. The average Bonchev–Trinajstić information content (AvgIpc) is 3.64. The SMILES string of the molecule is CCCN1CCc2c(c(CN(C(=O)c3ccc(F)cc3)C3CC3)nn2-c2ccccc2OC)C1. The van der Waals surface area contributed by atoms with Gasteiger partial charge in [-0.15, -0.1) is 0 Å². The lowest BCUT2D eigenvalue weighted by molar-refractivity contribution is 0.0726. The normalized spacial score (nSPS) is 15.7. The number of hydrogen-bond donors (Lipinski definition) is 0. The van der Waals surface area contributed by atoms with E-state index in [1.165, 1.54) is 23.4 Å². The van der Waals surface area contributed by atoms with Crippen molar-refractivity contribution in [3.8, 4) is 11.4 Å². The van der Waals surface area contributed by atoms with Crippen LogP contribution >= 0.6 is 0 Å². The molecule has 5 rings (SSSR count). The predicted molar refractivity (Wildman–Crippen MR) is 129 cm³/mol. The molecule has 0 bridgehead atoms. The first kappa shape index (κ1) is 22.6. The van der Waals surface area contributed by atoms with Crippen molar-refractivity contribution in [1.29, 1.82) is 0 Å². The number of benzene rings is 2. The molecule has 1 aliphatic heterocycles. The number of amides is 1. The second kappa shape index (κ2) is 9.58. The molecule has 0 N–H and O–H groups in total. The molecule has 1 aromatic heterocycles. The highest BCUT2D eigenvalue weighted by molar-refractivity contribution is 5.94. The quantitative estimate of drug-likeness (QED) is 0.491. The fourth-order valence-corrected chi connectivity index (χ4v) is 4.85. The highest BCUT2D eigenvalue weighted by Gasteiger charge is 2.35. The molecule has 2 aromatic carbocycles. The topological polar surface area (TPSA) is 50.6 Å². The van der Waals surface area contributed by atoms with Crippen LogP contribution in [0.15, 0.2) is 48.5 Å². The molecule has 2 heterocycles. The molecule has 1 fully saturated rings. The molecule has 0 spiro atoms. The molecule has 178 valence electrons. The summed E-state index contributed by atoms with van der Waals surface area (Å²) >= 11 is 0. The van der Waals surface area contributed by atoms with Gasteiger partial charge in [-0.1, -0.05) is 19.1 Å². The number of hydrogen-bond acceptors (Lipinski definition) is 4. The van der Waals surface area contributed by atoms with Gasteiger partial charge in [-0.3, -0.25) is 9.69 Å². The number of fused-ring (bicyclic) bond motifs is 1. The lowest BCUT2D eigenvalue weighted by Gasteiger charge is -2.28. The fraction of sp³-hybridized carbons (Fsp3) is 0.407. The summed E-state index contributed by atoms with van der Waals surface area (Å²) in [5.74, 6) is 0.372. The van der Waals surface area contributed by atoms with E-state index < -0.39 is 0 Å². The standard InChI is InChI=1S/C27H31FN4O2/c1-3-15-30-16-14-24-22(17-30)23(29-32(24)25-6-4-5-7-26(25)34-2)18-31(21-12-13-21)27(33)19-8-10-20(28)11-9-19/h4-11,21H,3,12-18H2,1-2H3. The Morgan fingerprint density at radius 1 is 1.18 bits per heavy atom. The third-order valence-electron chi connectivity index (χ3n) is 6.73. The first-order chi connectivity index (χ1) is 16.6. The number of halogens is 1. The van der Waals surface area contributed by atoms with E-state index in [-0.39, 0.29) is 17.8 Å². The predicted octanol–water partition coefficient (Wildman–Crippen LogP) is 4.59. The van der Waals surface area contributed by atoms with Crippen molar-refractivity contribution >= 4 is 5.91 Å². The minimum Gasteiger partial charge on any atom is -0.494 e. The van der Waals surface area contributed by atoms with Crippen LogP contribution < -0.4 is 4.74 Å². The Morgan fingerprint density at radius 2 is 1.94 bits per heavy atom. The number of methoxy groups -OCH3 is 1. The van der Waals surface area contributed by atoms with Gasteiger partial charge in [0.1, 0.15) is 17.3 Å². The van der Waals surface area contributed by atoms with Gasteiger partial charge in [-0.05, 0) is 62.2 Å². The molecule has 0 atom stereocenters. The first-order valence-corrected chi connectivity index (χ1v) is 12.1. The van der Waals surface area contributed by atoms with Gasteiger partial charge in [0.15, 0.2) is 0 Å². The van der Waals surface area contributed by atoms with Crippen LogP contribution in [0.25, 0.3) is 5.69 Å². The van der Waals surface area contributed by atoms with Crippen LogP contribution in [0.1, 0.15) is 53.5 Å². The van der Waals surface area contributed by atoms with Crippen molar-refractivity contribution < 1.29 is 13.9 Å². The van der Waals surface area contributed by atoms with Crippen molar-refractivity contribution in [2.75, 3.05) is 20.2 Å². The van der Waals surface area contributed by atoms with Crippen molar-refractivity contribution in [1.82, 2.24) is 19.6 Å². The molecule has 0 unspecified atom stereocenters. The van der Waals surface area contributed by atoms with Crippen molar-refractivity contribution in [3.05, 3.63) is 76.9 Å². The van der Waals surface area contributed by atoms with Gasteiger partial charge >= 0.3 is 0 Å². The second-order valence-electron chi connectivity index (χ2n) is 9.15. The fourth-order valence-electron chi connectivity index (χ4n) is 4.85. The summed E-state index contributed by atoms with van der Waals surface area (Å²) in [6, 6.07) is 14.0. The Kier molecular flexibility index (Phi) is 6.37. The maximum absolute atomic E-state index is 13.4. The number of nitrogens with zero attached hydrogens (tertiary/aromatic N) is 4. The lowest BCUT2D eigenvalue weighted by Crippen LogP contribution is -2.34. The van der Waals surface area contributed by atoms with E-state index in [4.69, 9.17) is 9.84 Å². The van der Waals surface area contributed by atoms with E-state index in [1.807, 2.05) is 33.8 Å².